The molecule has 2 amide bonds. The monoisotopic (exact) mass is 326 g/mol. The fraction of sp³-hybridized carbons (Fsp3) is 0.316. The number of aryl methyl sites for hydroxylation is 1. The van der Waals surface area contributed by atoms with Crippen molar-refractivity contribution in [3.05, 3.63) is 59.2 Å². The molecule has 2 aromatic carbocycles. The number of ether oxygens (including phenoxy) is 1. The van der Waals surface area contributed by atoms with Crippen molar-refractivity contribution in [1.82, 2.24) is 5.32 Å². The summed E-state index contributed by atoms with van der Waals surface area (Å²) in [5.41, 5.74) is 3.91. The lowest BCUT2D eigenvalue weighted by atomic mass is 9.88. The van der Waals surface area contributed by atoms with E-state index >= 15 is 0 Å². The van der Waals surface area contributed by atoms with Gasteiger partial charge in [0.15, 0.2) is 0 Å². The SMILES string of the molecule is COc1ccccc1CNC(=O)Nc1cccc2c1CC(O)CC2. The van der Waals surface area contributed by atoms with Gasteiger partial charge in [0.2, 0.25) is 0 Å². The van der Waals surface area contributed by atoms with E-state index < -0.39 is 0 Å². The summed E-state index contributed by atoms with van der Waals surface area (Å²) in [6, 6.07) is 13.2. The van der Waals surface area contributed by atoms with E-state index in [1.807, 2.05) is 36.4 Å². The second-order valence-corrected chi connectivity index (χ2v) is 5.96. The van der Waals surface area contributed by atoms with Crippen LogP contribution in [0.3, 0.4) is 0 Å². The first-order valence-electron chi connectivity index (χ1n) is 8.13. The summed E-state index contributed by atoms with van der Waals surface area (Å²) in [7, 11) is 1.61. The van der Waals surface area contributed by atoms with Gasteiger partial charge in [-0.15, -0.1) is 0 Å². The van der Waals surface area contributed by atoms with E-state index in [1.165, 1.54) is 5.56 Å². The van der Waals surface area contributed by atoms with Gasteiger partial charge in [0.05, 0.1) is 13.2 Å². The van der Waals surface area contributed by atoms with Crippen LogP contribution in [0.15, 0.2) is 42.5 Å². The lowest BCUT2D eigenvalue weighted by Crippen LogP contribution is -2.29. The van der Waals surface area contributed by atoms with Crippen molar-refractivity contribution < 1.29 is 14.6 Å². The molecule has 0 radical (unpaired) electrons. The van der Waals surface area contributed by atoms with Crippen LogP contribution in [0.1, 0.15) is 23.1 Å². The summed E-state index contributed by atoms with van der Waals surface area (Å²) in [4.78, 5) is 12.2. The number of fused-ring (bicyclic) bond motifs is 1. The summed E-state index contributed by atoms with van der Waals surface area (Å²) in [6.07, 6.45) is 1.86. The normalized spacial score (nSPS) is 16.2. The Morgan fingerprint density at radius 1 is 1.25 bits per heavy atom. The van der Waals surface area contributed by atoms with Crippen molar-refractivity contribution in [3.8, 4) is 5.75 Å². The summed E-state index contributed by atoms with van der Waals surface area (Å²) in [6.45, 7) is 0.382. The van der Waals surface area contributed by atoms with Gasteiger partial charge >= 0.3 is 6.03 Å². The molecule has 0 heterocycles. The van der Waals surface area contributed by atoms with Gasteiger partial charge in [-0.1, -0.05) is 30.3 Å². The molecular weight excluding hydrogens is 304 g/mol. The molecule has 0 saturated carbocycles. The molecule has 5 nitrogen and oxygen atoms in total. The third kappa shape index (κ3) is 3.68. The topological polar surface area (TPSA) is 70.6 Å². The van der Waals surface area contributed by atoms with Crippen LogP contribution in [0.25, 0.3) is 0 Å². The minimum absolute atomic E-state index is 0.269. The van der Waals surface area contributed by atoms with E-state index in [0.717, 1.165) is 35.4 Å². The number of methoxy groups -OCH3 is 1. The minimum Gasteiger partial charge on any atom is -0.496 e. The Morgan fingerprint density at radius 2 is 2.08 bits per heavy atom. The summed E-state index contributed by atoms with van der Waals surface area (Å²) < 4.78 is 5.28. The number of aliphatic hydroxyl groups is 1. The quantitative estimate of drug-likeness (QED) is 0.809. The van der Waals surface area contributed by atoms with Gasteiger partial charge in [0, 0.05) is 24.2 Å². The first-order chi connectivity index (χ1) is 11.7. The molecule has 1 aliphatic rings. The molecule has 0 saturated heterocycles. The summed E-state index contributed by atoms with van der Waals surface area (Å²) in [5, 5.41) is 15.6. The Morgan fingerprint density at radius 3 is 2.92 bits per heavy atom. The van der Waals surface area contributed by atoms with Crippen molar-refractivity contribution in [2.75, 3.05) is 12.4 Å². The maximum Gasteiger partial charge on any atom is 0.319 e. The predicted molar refractivity (Wildman–Crippen MR) is 93.3 cm³/mol. The summed E-state index contributed by atoms with van der Waals surface area (Å²) >= 11 is 0. The Bertz CT molecular complexity index is 730. The van der Waals surface area contributed by atoms with E-state index in [4.69, 9.17) is 4.74 Å². The molecule has 0 bridgehead atoms. The Kier molecular flexibility index (Phi) is 5.01. The number of carbonyl (C=O) groups is 1. The highest BCUT2D eigenvalue weighted by molar-refractivity contribution is 5.90. The number of hydrogen-bond acceptors (Lipinski definition) is 3. The standard InChI is InChI=1S/C19H22N2O3/c1-24-18-8-3-2-5-14(18)12-20-19(23)21-17-7-4-6-13-9-10-15(22)11-16(13)17/h2-8,15,22H,9-12H2,1H3,(H2,20,21,23). The highest BCUT2D eigenvalue weighted by atomic mass is 16.5. The lowest BCUT2D eigenvalue weighted by molar-refractivity contribution is 0.159. The molecule has 5 heteroatoms. The van der Waals surface area contributed by atoms with Gasteiger partial charge in [0.25, 0.3) is 0 Å². The molecule has 0 spiro atoms. The predicted octanol–water partition coefficient (Wildman–Crippen LogP) is 2.87. The van der Waals surface area contributed by atoms with Gasteiger partial charge in [-0.05, 0) is 36.1 Å². The van der Waals surface area contributed by atoms with Gasteiger partial charge in [0.1, 0.15) is 5.75 Å². The average Bonchev–Trinajstić information content (AvgIpc) is 2.60. The zero-order valence-corrected chi connectivity index (χ0v) is 13.7. The molecular formula is C19H22N2O3. The second kappa shape index (κ2) is 7.36. The average molecular weight is 326 g/mol. The number of hydrogen-bond donors (Lipinski definition) is 3. The number of aliphatic hydroxyl groups excluding tert-OH is 1. The van der Waals surface area contributed by atoms with Crippen LogP contribution in [0.4, 0.5) is 10.5 Å². The van der Waals surface area contributed by atoms with E-state index in [-0.39, 0.29) is 12.1 Å². The van der Waals surface area contributed by atoms with E-state index in [2.05, 4.69) is 16.7 Å². The molecule has 2 aromatic rings. The number of anilines is 1. The number of benzene rings is 2. The highest BCUT2D eigenvalue weighted by Gasteiger charge is 2.19. The zero-order valence-electron chi connectivity index (χ0n) is 13.7. The first-order valence-corrected chi connectivity index (χ1v) is 8.13. The molecule has 3 N–H and O–H groups in total. The maximum atomic E-state index is 12.2. The number of urea groups is 1. The minimum atomic E-state index is -0.336. The molecule has 1 atom stereocenters. The summed E-state index contributed by atoms with van der Waals surface area (Å²) in [5.74, 6) is 0.748. The molecule has 1 unspecified atom stereocenters. The van der Waals surface area contributed by atoms with Crippen molar-refractivity contribution in [2.24, 2.45) is 0 Å². The molecule has 24 heavy (non-hydrogen) atoms. The van der Waals surface area contributed by atoms with Crippen LogP contribution in [-0.2, 0) is 19.4 Å². The Hall–Kier alpha value is -2.53. The molecule has 1 aliphatic carbocycles. The van der Waals surface area contributed by atoms with E-state index in [0.29, 0.717) is 13.0 Å². The number of para-hydroxylation sites is 1. The molecule has 126 valence electrons. The van der Waals surface area contributed by atoms with Gasteiger partial charge < -0.3 is 20.5 Å². The van der Waals surface area contributed by atoms with Crippen LogP contribution in [0, 0.1) is 0 Å². The highest BCUT2D eigenvalue weighted by Crippen LogP contribution is 2.28. The van der Waals surface area contributed by atoms with Crippen molar-refractivity contribution in [1.29, 1.82) is 0 Å². The smallest absolute Gasteiger partial charge is 0.319 e. The second-order valence-electron chi connectivity index (χ2n) is 5.96. The van der Waals surface area contributed by atoms with Crippen molar-refractivity contribution in [3.63, 3.8) is 0 Å². The van der Waals surface area contributed by atoms with Gasteiger partial charge in [-0.2, -0.15) is 0 Å². The van der Waals surface area contributed by atoms with Crippen LogP contribution < -0.4 is 15.4 Å². The number of nitrogens with one attached hydrogen (secondary N) is 2. The van der Waals surface area contributed by atoms with E-state index in [1.54, 1.807) is 7.11 Å². The van der Waals surface area contributed by atoms with E-state index in [9.17, 15) is 9.90 Å². The molecule has 0 fully saturated rings. The zero-order chi connectivity index (χ0) is 16.9. The van der Waals surface area contributed by atoms with Gasteiger partial charge in [-0.3, -0.25) is 0 Å². The Balaban J connectivity index is 1.65. The number of rotatable bonds is 4. The van der Waals surface area contributed by atoms with Gasteiger partial charge in [-0.25, -0.2) is 4.79 Å². The third-order valence-corrected chi connectivity index (χ3v) is 4.34. The molecule has 3 rings (SSSR count). The van der Waals surface area contributed by atoms with Crippen molar-refractivity contribution >= 4 is 11.7 Å². The molecule has 0 aliphatic heterocycles. The third-order valence-electron chi connectivity index (χ3n) is 4.34. The van der Waals surface area contributed by atoms with Crippen LogP contribution in [0.2, 0.25) is 0 Å². The lowest BCUT2D eigenvalue weighted by Gasteiger charge is -2.23. The fourth-order valence-corrected chi connectivity index (χ4v) is 3.08. The van der Waals surface area contributed by atoms with Crippen molar-refractivity contribution in [2.45, 2.75) is 31.9 Å². The van der Waals surface area contributed by atoms with Crippen LogP contribution in [0.5, 0.6) is 5.75 Å². The number of carbonyl (C=O) groups excluding carboxylic acids is 1. The number of amides is 2. The van der Waals surface area contributed by atoms with Crippen LogP contribution >= 0.6 is 0 Å². The first kappa shape index (κ1) is 16.3. The molecule has 0 aromatic heterocycles. The largest absolute Gasteiger partial charge is 0.496 e. The Labute approximate surface area is 141 Å². The van der Waals surface area contributed by atoms with Crippen LogP contribution in [-0.4, -0.2) is 24.4 Å². The maximum absolute atomic E-state index is 12.2. The fourth-order valence-electron chi connectivity index (χ4n) is 3.08.